The topological polar surface area (TPSA) is 199 Å². The van der Waals surface area contributed by atoms with E-state index in [2.05, 4.69) is 19.7 Å². The Morgan fingerprint density at radius 2 is 2.10 bits per heavy atom. The number of fused-ring (bicyclic) bond motifs is 2. The van der Waals surface area contributed by atoms with Crippen molar-refractivity contribution in [1.29, 1.82) is 0 Å². The molecule has 4 aromatic rings. The van der Waals surface area contributed by atoms with E-state index in [1.165, 1.54) is 37.9 Å². The van der Waals surface area contributed by atoms with E-state index < -0.39 is 44.3 Å². The Morgan fingerprint density at radius 3 is 2.83 bits per heavy atom. The third kappa shape index (κ3) is 5.32. The number of carboxylic acid groups (broad SMARTS) is 1. The van der Waals surface area contributed by atoms with Crippen molar-refractivity contribution in [1.82, 2.24) is 19.5 Å². The van der Waals surface area contributed by atoms with Gasteiger partial charge in [-0.2, -0.15) is 9.97 Å². The number of halogens is 1. The van der Waals surface area contributed by atoms with Gasteiger partial charge in [-0.05, 0) is 25.3 Å². The lowest BCUT2D eigenvalue weighted by atomic mass is 9.98. The Morgan fingerprint density at radius 1 is 1.34 bits per heavy atom. The van der Waals surface area contributed by atoms with Crippen LogP contribution in [0.15, 0.2) is 47.5 Å². The van der Waals surface area contributed by atoms with Gasteiger partial charge in [0.15, 0.2) is 35.4 Å². The smallest absolute Gasteiger partial charge is 0.395 e. The van der Waals surface area contributed by atoms with Crippen LogP contribution in [0.2, 0.25) is 0 Å². The van der Waals surface area contributed by atoms with E-state index >= 15 is 4.39 Å². The third-order valence-electron chi connectivity index (χ3n) is 6.58. The van der Waals surface area contributed by atoms with Gasteiger partial charge in [-0.15, -0.1) is 0 Å². The standard InChI is InChI=1S/C25H26FN6O8P/c1-12(22(33)34)31-41(36)40-18-14-7-5-4-6-13(14)8-9-15(18)38-10-16-19(26)25(2,35)23(39-16)32-11-28-17-20(32)29-24(27)30-21(17)37-3/h4-9,11-12,16,19,23,35H,10H2,1-3H3,(H,33,34)(H2,27,29,30)/t12?,16-,19-,23-,25-/m1/s1. The van der Waals surface area contributed by atoms with Gasteiger partial charge >= 0.3 is 14.1 Å². The lowest BCUT2D eigenvalue weighted by Gasteiger charge is -2.26. The van der Waals surface area contributed by atoms with E-state index in [4.69, 9.17) is 29.6 Å². The van der Waals surface area contributed by atoms with Gasteiger partial charge < -0.3 is 35.1 Å². The highest BCUT2D eigenvalue weighted by Gasteiger charge is 2.55. The number of rotatable bonds is 9. The van der Waals surface area contributed by atoms with Gasteiger partial charge in [-0.25, -0.2) is 14.2 Å². The van der Waals surface area contributed by atoms with Crippen LogP contribution in [0.4, 0.5) is 10.3 Å². The zero-order chi connectivity index (χ0) is 29.5. The molecule has 41 heavy (non-hydrogen) atoms. The third-order valence-corrected chi connectivity index (χ3v) is 7.46. The average molecular weight is 588 g/mol. The van der Waals surface area contributed by atoms with Crippen LogP contribution in [0, 0.1) is 0 Å². The van der Waals surface area contributed by atoms with Crippen molar-refractivity contribution in [3.63, 3.8) is 0 Å². The molecule has 4 N–H and O–H groups in total. The fourth-order valence-electron chi connectivity index (χ4n) is 4.47. The Bertz CT molecular complexity index is 1650. The van der Waals surface area contributed by atoms with Gasteiger partial charge in [0.2, 0.25) is 17.6 Å². The molecule has 3 heterocycles. The molecule has 0 saturated carbocycles. The molecule has 1 aliphatic rings. The van der Waals surface area contributed by atoms with Crippen LogP contribution in [0.5, 0.6) is 17.4 Å². The second-order valence-electron chi connectivity index (χ2n) is 9.45. The molecule has 0 aliphatic carbocycles. The first-order valence-electron chi connectivity index (χ1n) is 12.3. The lowest BCUT2D eigenvalue weighted by Crippen LogP contribution is -2.42. The number of nitrogen functional groups attached to an aromatic ring is 1. The van der Waals surface area contributed by atoms with Crippen molar-refractivity contribution in [2.75, 3.05) is 19.5 Å². The molecule has 6 atom stereocenters. The largest absolute Gasteiger partial charge is 0.575 e. The molecule has 5 rings (SSSR count). The Balaban J connectivity index is 1.42. The minimum absolute atomic E-state index is 0.0298. The number of anilines is 1. The summed E-state index contributed by atoms with van der Waals surface area (Å²) in [6.07, 6.45) is -3.14. The highest BCUT2D eigenvalue weighted by Crippen LogP contribution is 2.44. The quantitative estimate of drug-likeness (QED) is 0.242. The first-order valence-corrected chi connectivity index (χ1v) is 13.4. The molecule has 2 unspecified atom stereocenters. The molecule has 0 amide bonds. The number of benzene rings is 2. The predicted molar refractivity (Wildman–Crippen MR) is 142 cm³/mol. The maximum absolute atomic E-state index is 15.6. The van der Waals surface area contributed by atoms with Crippen molar-refractivity contribution < 1.29 is 43.0 Å². The number of methoxy groups -OCH3 is 1. The fraction of sp³-hybridized carbons (Fsp3) is 0.360. The maximum Gasteiger partial charge on any atom is 0.395 e. The summed E-state index contributed by atoms with van der Waals surface area (Å²) in [7, 11) is -1.41. The summed E-state index contributed by atoms with van der Waals surface area (Å²) in [5.74, 6) is -1.16. The van der Waals surface area contributed by atoms with Gasteiger partial charge in [-0.1, -0.05) is 35.1 Å². The number of carbonyl (C=O) groups is 1. The van der Waals surface area contributed by atoms with Gasteiger partial charge in [0, 0.05) is 5.39 Å². The van der Waals surface area contributed by atoms with E-state index in [1.54, 1.807) is 30.3 Å². The molecule has 2 aromatic carbocycles. The normalized spacial score (nSPS) is 23.6. The molecule has 1 saturated heterocycles. The summed E-state index contributed by atoms with van der Waals surface area (Å²) >= 11 is 0. The number of imidazole rings is 1. The van der Waals surface area contributed by atoms with Gasteiger partial charge in [0.05, 0.1) is 13.4 Å². The molecule has 0 bridgehead atoms. The number of aromatic nitrogens is 4. The van der Waals surface area contributed by atoms with Crippen molar-refractivity contribution in [3.8, 4) is 17.4 Å². The van der Waals surface area contributed by atoms with Crippen LogP contribution < -0.4 is 24.6 Å². The molecule has 14 nitrogen and oxygen atoms in total. The number of nitrogens with two attached hydrogens (primary N) is 1. The monoisotopic (exact) mass is 588 g/mol. The number of hydrogen-bond acceptors (Lipinski definition) is 12. The first-order chi connectivity index (χ1) is 19.5. The number of hydrogen-bond donors (Lipinski definition) is 3. The van der Waals surface area contributed by atoms with Crippen molar-refractivity contribution in [3.05, 3.63) is 42.7 Å². The van der Waals surface area contributed by atoms with Crippen LogP contribution in [0.3, 0.4) is 0 Å². The van der Waals surface area contributed by atoms with Crippen molar-refractivity contribution in [2.24, 2.45) is 4.74 Å². The highest BCUT2D eigenvalue weighted by atomic mass is 31.1. The van der Waals surface area contributed by atoms with E-state index in [0.717, 1.165) is 5.39 Å². The summed E-state index contributed by atoms with van der Waals surface area (Å²) in [5.41, 5.74) is 4.16. The average Bonchev–Trinajstić information content (AvgIpc) is 3.45. The van der Waals surface area contributed by atoms with E-state index in [-0.39, 0.29) is 41.1 Å². The molecule has 0 radical (unpaired) electrons. The maximum atomic E-state index is 15.6. The van der Waals surface area contributed by atoms with Crippen LogP contribution in [0.25, 0.3) is 21.9 Å². The molecule has 0 spiro atoms. The van der Waals surface area contributed by atoms with Crippen LogP contribution >= 0.6 is 8.17 Å². The second-order valence-corrected chi connectivity index (χ2v) is 10.3. The fourth-order valence-corrected chi connectivity index (χ4v) is 5.24. The molecular weight excluding hydrogens is 562 g/mol. The first kappa shape index (κ1) is 28.4. The minimum atomic E-state index is -2.79. The summed E-state index contributed by atoms with van der Waals surface area (Å²) in [6, 6.07) is 8.99. The Hall–Kier alpha value is -4.17. The number of nitrogens with zero attached hydrogens (tertiary/aromatic N) is 5. The molecule has 216 valence electrons. The summed E-state index contributed by atoms with van der Waals surface area (Å²) in [6.45, 7) is 2.16. The molecule has 16 heteroatoms. The van der Waals surface area contributed by atoms with E-state index in [0.29, 0.717) is 5.39 Å². The number of ether oxygens (including phenoxy) is 3. The Labute approximate surface area is 233 Å². The zero-order valence-corrected chi connectivity index (χ0v) is 22.9. The van der Waals surface area contributed by atoms with Crippen LogP contribution in [-0.4, -0.2) is 73.3 Å². The summed E-state index contributed by atoms with van der Waals surface area (Å²) in [5, 5.41) is 21.4. The van der Waals surface area contributed by atoms with E-state index in [9.17, 15) is 14.8 Å². The van der Waals surface area contributed by atoms with Crippen LogP contribution in [0.1, 0.15) is 20.1 Å². The van der Waals surface area contributed by atoms with E-state index in [1.807, 2.05) is 0 Å². The zero-order valence-electron chi connectivity index (χ0n) is 22.0. The SMILES string of the molecule is COc1nc(N)nc2c1ncn2[C@@H]1O[C@H](COc2ccc3ccccc3c2O[P+]([O-])=NC(C)C(=O)O)[C@@H](F)[C@@]1(C)O. The number of aliphatic hydroxyl groups is 1. The summed E-state index contributed by atoms with van der Waals surface area (Å²) < 4.78 is 43.1. The van der Waals surface area contributed by atoms with Gasteiger partial charge in [0.25, 0.3) is 0 Å². The second kappa shape index (κ2) is 11.0. The predicted octanol–water partition coefficient (Wildman–Crippen LogP) is 2.34. The van der Waals surface area contributed by atoms with Gasteiger partial charge in [-0.3, -0.25) is 9.09 Å². The number of carboxylic acids is 1. The van der Waals surface area contributed by atoms with Crippen LogP contribution in [-0.2, 0) is 9.53 Å². The van der Waals surface area contributed by atoms with Gasteiger partial charge in [0.1, 0.15) is 18.3 Å². The molecule has 1 fully saturated rings. The minimum Gasteiger partial charge on any atom is -0.575 e. The number of aliphatic carboxylic acids is 1. The van der Waals surface area contributed by atoms with Crippen molar-refractivity contribution in [2.45, 2.75) is 44.0 Å². The lowest BCUT2D eigenvalue weighted by molar-refractivity contribution is -0.169. The number of alkyl halides is 1. The van der Waals surface area contributed by atoms with Crippen molar-refractivity contribution >= 4 is 42.0 Å². The Kier molecular flexibility index (Phi) is 7.62. The molecular formula is C25H26FN6O8P. The summed E-state index contributed by atoms with van der Waals surface area (Å²) in [4.78, 5) is 36.0. The highest BCUT2D eigenvalue weighted by molar-refractivity contribution is 7.34. The molecule has 1 aliphatic heterocycles. The molecule has 2 aromatic heterocycles.